The second-order valence-corrected chi connectivity index (χ2v) is 7.95. The lowest BCUT2D eigenvalue weighted by Gasteiger charge is -2.40. The first-order valence-corrected chi connectivity index (χ1v) is 10.7. The predicted molar refractivity (Wildman–Crippen MR) is 124 cm³/mol. The Morgan fingerprint density at radius 2 is 1.94 bits per heavy atom. The van der Waals surface area contributed by atoms with Gasteiger partial charge >= 0.3 is 6.03 Å². The van der Waals surface area contributed by atoms with Gasteiger partial charge in [-0.2, -0.15) is 0 Å². The maximum absolute atomic E-state index is 13.3. The molecule has 0 spiro atoms. The second kappa shape index (κ2) is 9.91. The number of urea groups is 1. The summed E-state index contributed by atoms with van der Waals surface area (Å²) in [5.74, 6) is 1.54. The van der Waals surface area contributed by atoms with E-state index in [1.807, 2.05) is 6.92 Å². The highest BCUT2D eigenvalue weighted by Gasteiger charge is 2.28. The summed E-state index contributed by atoms with van der Waals surface area (Å²) in [7, 11) is 1.60. The van der Waals surface area contributed by atoms with Crippen LogP contribution in [-0.2, 0) is 0 Å². The number of hydrogen-bond acceptors (Lipinski definition) is 6. The first-order chi connectivity index (χ1) is 15.9. The molecule has 1 fully saturated rings. The Labute approximate surface area is 195 Å². The average molecular weight is 472 g/mol. The molecule has 4 rings (SSSR count). The number of benzene rings is 2. The number of rotatable bonds is 5. The molecule has 2 aromatic carbocycles. The summed E-state index contributed by atoms with van der Waals surface area (Å²) in [6.07, 6.45) is 1.40. The van der Waals surface area contributed by atoms with E-state index in [2.05, 4.69) is 20.2 Å². The highest BCUT2D eigenvalue weighted by Crippen LogP contribution is 2.30. The van der Waals surface area contributed by atoms with Crippen LogP contribution in [0.25, 0.3) is 0 Å². The van der Waals surface area contributed by atoms with Crippen molar-refractivity contribution >= 4 is 29.1 Å². The molecule has 172 valence electrons. The van der Waals surface area contributed by atoms with Gasteiger partial charge in [-0.3, -0.25) is 0 Å². The fourth-order valence-corrected chi connectivity index (χ4v) is 3.77. The number of carbonyl (C=O) groups is 1. The molecule has 0 aliphatic carbocycles. The Morgan fingerprint density at radius 1 is 1.15 bits per heavy atom. The van der Waals surface area contributed by atoms with E-state index in [1.165, 1.54) is 24.5 Å². The standard InChI is InChI=1S/C23H23ClFN5O3/c1-15-13-29(9-10-30(15)23(31)28-17-4-6-18(32-2)7-5-17)21-12-22(27-14-26-21)33-20-8-3-16(25)11-19(20)24/h3-8,11-12,14-15H,9-10,13H2,1-2H3,(H,28,31). The Kier molecular flexibility index (Phi) is 6.79. The van der Waals surface area contributed by atoms with E-state index in [0.717, 1.165) is 5.75 Å². The lowest BCUT2D eigenvalue weighted by molar-refractivity contribution is 0.184. The lowest BCUT2D eigenvalue weighted by Crippen LogP contribution is -2.55. The first-order valence-electron chi connectivity index (χ1n) is 10.3. The average Bonchev–Trinajstić information content (AvgIpc) is 2.81. The van der Waals surface area contributed by atoms with E-state index < -0.39 is 5.82 Å². The molecule has 1 aromatic heterocycles. The monoisotopic (exact) mass is 471 g/mol. The van der Waals surface area contributed by atoms with Crippen LogP contribution in [0.1, 0.15) is 6.92 Å². The van der Waals surface area contributed by atoms with Crippen molar-refractivity contribution < 1.29 is 18.7 Å². The Balaban J connectivity index is 1.39. The Bertz CT molecular complexity index is 1130. The molecule has 10 heteroatoms. The molecule has 3 aromatic rings. The molecular formula is C23H23ClFN5O3. The number of hydrogen-bond donors (Lipinski definition) is 1. The third-order valence-corrected chi connectivity index (χ3v) is 5.59. The minimum atomic E-state index is -0.446. The highest BCUT2D eigenvalue weighted by molar-refractivity contribution is 6.32. The largest absolute Gasteiger partial charge is 0.497 e. The zero-order chi connectivity index (χ0) is 23.4. The summed E-state index contributed by atoms with van der Waals surface area (Å²) < 4.78 is 24.1. The van der Waals surface area contributed by atoms with Crippen LogP contribution in [-0.4, -0.2) is 53.7 Å². The van der Waals surface area contributed by atoms with Gasteiger partial charge in [-0.25, -0.2) is 19.2 Å². The van der Waals surface area contributed by atoms with Gasteiger partial charge in [0.1, 0.15) is 29.5 Å². The molecule has 0 bridgehead atoms. The normalized spacial score (nSPS) is 15.8. The van der Waals surface area contributed by atoms with Gasteiger partial charge < -0.3 is 24.6 Å². The maximum atomic E-state index is 13.3. The number of amides is 2. The molecule has 1 N–H and O–H groups in total. The summed E-state index contributed by atoms with van der Waals surface area (Å²) in [5, 5.41) is 3.07. The molecule has 0 saturated carbocycles. The van der Waals surface area contributed by atoms with Crippen molar-refractivity contribution in [3.63, 3.8) is 0 Å². The van der Waals surface area contributed by atoms with Gasteiger partial charge in [0.05, 0.1) is 12.1 Å². The van der Waals surface area contributed by atoms with E-state index in [0.29, 0.717) is 42.8 Å². The van der Waals surface area contributed by atoms with Crippen LogP contribution in [0, 0.1) is 5.82 Å². The topological polar surface area (TPSA) is 79.8 Å². The van der Waals surface area contributed by atoms with Gasteiger partial charge in [-0.1, -0.05) is 11.6 Å². The van der Waals surface area contributed by atoms with Crippen LogP contribution < -0.4 is 19.7 Å². The van der Waals surface area contributed by atoms with E-state index in [9.17, 15) is 9.18 Å². The zero-order valence-corrected chi connectivity index (χ0v) is 18.9. The van der Waals surface area contributed by atoms with Crippen LogP contribution in [0.4, 0.5) is 20.7 Å². The molecule has 1 unspecified atom stereocenters. The number of carbonyl (C=O) groups excluding carboxylic acids is 1. The van der Waals surface area contributed by atoms with Crippen molar-refractivity contribution in [2.24, 2.45) is 0 Å². The third kappa shape index (κ3) is 5.43. The lowest BCUT2D eigenvalue weighted by atomic mass is 10.2. The van der Waals surface area contributed by atoms with Crippen LogP contribution >= 0.6 is 11.6 Å². The molecule has 2 heterocycles. The predicted octanol–water partition coefficient (Wildman–Crippen LogP) is 4.81. The smallest absolute Gasteiger partial charge is 0.322 e. The summed E-state index contributed by atoms with van der Waals surface area (Å²) in [4.78, 5) is 25.1. The number of nitrogens with one attached hydrogen (secondary N) is 1. The molecule has 8 nitrogen and oxygen atoms in total. The molecule has 0 radical (unpaired) electrons. The summed E-state index contributed by atoms with van der Waals surface area (Å²) in [6.45, 7) is 3.68. The minimum Gasteiger partial charge on any atom is -0.497 e. The van der Waals surface area contributed by atoms with Crippen LogP contribution in [0.15, 0.2) is 54.9 Å². The molecule has 1 aliphatic heterocycles. The first kappa shape index (κ1) is 22.6. The maximum Gasteiger partial charge on any atom is 0.322 e. The number of methoxy groups -OCH3 is 1. The quantitative estimate of drug-likeness (QED) is 0.575. The van der Waals surface area contributed by atoms with E-state index in [4.69, 9.17) is 21.1 Å². The highest BCUT2D eigenvalue weighted by atomic mass is 35.5. The fraction of sp³-hybridized carbons (Fsp3) is 0.261. The fourth-order valence-electron chi connectivity index (χ4n) is 3.57. The Hall–Kier alpha value is -3.59. The van der Waals surface area contributed by atoms with Crippen molar-refractivity contribution in [3.8, 4) is 17.4 Å². The minimum absolute atomic E-state index is 0.0529. The molecule has 1 saturated heterocycles. The van der Waals surface area contributed by atoms with Crippen LogP contribution in [0.2, 0.25) is 5.02 Å². The van der Waals surface area contributed by atoms with Crippen molar-refractivity contribution in [2.45, 2.75) is 13.0 Å². The van der Waals surface area contributed by atoms with E-state index in [-0.39, 0.29) is 17.1 Å². The number of ether oxygens (including phenoxy) is 2. The van der Waals surface area contributed by atoms with Crippen molar-refractivity contribution in [2.75, 3.05) is 37.0 Å². The molecule has 1 aliphatic rings. The van der Waals surface area contributed by atoms with Gasteiger partial charge in [-0.05, 0) is 49.4 Å². The SMILES string of the molecule is COc1ccc(NC(=O)N2CCN(c3cc(Oc4ccc(F)cc4Cl)ncn3)CC2C)cc1. The summed E-state index contributed by atoms with van der Waals surface area (Å²) in [6, 6.07) is 12.6. The van der Waals surface area contributed by atoms with Gasteiger partial charge in [0.15, 0.2) is 0 Å². The number of aromatic nitrogens is 2. The number of anilines is 2. The number of halogens is 2. The van der Waals surface area contributed by atoms with Crippen LogP contribution in [0.3, 0.4) is 0 Å². The van der Waals surface area contributed by atoms with Gasteiger partial charge in [0, 0.05) is 37.4 Å². The van der Waals surface area contributed by atoms with E-state index in [1.54, 1.807) is 42.3 Å². The Morgan fingerprint density at radius 3 is 2.64 bits per heavy atom. The van der Waals surface area contributed by atoms with Crippen molar-refractivity contribution in [1.29, 1.82) is 0 Å². The number of piperazine rings is 1. The molecular weight excluding hydrogens is 449 g/mol. The van der Waals surface area contributed by atoms with Gasteiger partial charge in [-0.15, -0.1) is 0 Å². The second-order valence-electron chi connectivity index (χ2n) is 7.54. The van der Waals surface area contributed by atoms with Gasteiger partial charge in [0.2, 0.25) is 5.88 Å². The molecule has 2 amide bonds. The third-order valence-electron chi connectivity index (χ3n) is 5.29. The van der Waals surface area contributed by atoms with Crippen LogP contribution in [0.5, 0.6) is 17.4 Å². The van der Waals surface area contributed by atoms with Crippen molar-refractivity contribution in [1.82, 2.24) is 14.9 Å². The summed E-state index contributed by atoms with van der Waals surface area (Å²) in [5.41, 5.74) is 0.701. The molecule has 33 heavy (non-hydrogen) atoms. The molecule has 1 atom stereocenters. The van der Waals surface area contributed by atoms with Crippen molar-refractivity contribution in [3.05, 3.63) is 65.7 Å². The van der Waals surface area contributed by atoms with E-state index >= 15 is 0 Å². The summed E-state index contributed by atoms with van der Waals surface area (Å²) >= 11 is 6.04. The zero-order valence-electron chi connectivity index (χ0n) is 18.2. The van der Waals surface area contributed by atoms with Gasteiger partial charge in [0.25, 0.3) is 0 Å². The number of nitrogens with zero attached hydrogens (tertiary/aromatic N) is 4.